The molecule has 1 aromatic carbocycles. The molecule has 3 atom stereocenters. The monoisotopic (exact) mass is 287 g/mol. The normalized spacial score (nSPS) is 28.9. The highest BCUT2D eigenvalue weighted by Crippen LogP contribution is 2.52. The Labute approximate surface area is 129 Å². The lowest BCUT2D eigenvalue weighted by molar-refractivity contribution is -0.0215. The lowest BCUT2D eigenvalue weighted by Gasteiger charge is -2.42. The Kier molecular flexibility index (Phi) is 4.37. The van der Waals surface area contributed by atoms with Gasteiger partial charge in [0.15, 0.2) is 0 Å². The molecule has 1 aliphatic heterocycles. The third kappa shape index (κ3) is 3.17. The van der Waals surface area contributed by atoms with Gasteiger partial charge in [0.25, 0.3) is 0 Å². The van der Waals surface area contributed by atoms with Crippen LogP contribution in [0, 0.1) is 5.92 Å². The van der Waals surface area contributed by atoms with E-state index < -0.39 is 0 Å². The Morgan fingerprint density at radius 3 is 2.29 bits per heavy atom. The van der Waals surface area contributed by atoms with E-state index in [0.29, 0.717) is 11.8 Å². The third-order valence-electron chi connectivity index (χ3n) is 5.62. The Bertz CT molecular complexity index is 448. The van der Waals surface area contributed by atoms with Crippen LogP contribution in [0.5, 0.6) is 0 Å². The van der Waals surface area contributed by atoms with Crippen LogP contribution in [-0.4, -0.2) is 34.7 Å². The predicted molar refractivity (Wildman–Crippen MR) is 87.4 cm³/mol. The summed E-state index contributed by atoms with van der Waals surface area (Å²) >= 11 is 0. The zero-order valence-electron chi connectivity index (χ0n) is 13.5. The number of hydrogen-bond donors (Lipinski definition) is 1. The van der Waals surface area contributed by atoms with Crippen LogP contribution >= 0.6 is 0 Å². The first kappa shape index (κ1) is 15.1. The zero-order chi connectivity index (χ0) is 14.9. The second-order valence-electron chi connectivity index (χ2n) is 7.42. The summed E-state index contributed by atoms with van der Waals surface area (Å²) in [6, 6.07) is 10.7. The zero-order valence-corrected chi connectivity index (χ0v) is 13.5. The molecule has 3 unspecified atom stereocenters. The van der Waals surface area contributed by atoms with Crippen molar-refractivity contribution in [1.82, 2.24) is 4.90 Å². The molecule has 1 aliphatic carbocycles. The summed E-state index contributed by atoms with van der Waals surface area (Å²) in [7, 11) is 0. The maximum Gasteiger partial charge on any atom is 0.0752 e. The number of benzene rings is 1. The fraction of sp³-hybridized carbons (Fsp3) is 0.684. The van der Waals surface area contributed by atoms with Crippen molar-refractivity contribution in [3.05, 3.63) is 35.9 Å². The van der Waals surface area contributed by atoms with Crippen molar-refractivity contribution in [3.8, 4) is 0 Å². The summed E-state index contributed by atoms with van der Waals surface area (Å²) in [5.41, 5.74) is 1.30. The first-order chi connectivity index (χ1) is 10.1. The Balaban J connectivity index is 1.66. The third-order valence-corrected chi connectivity index (χ3v) is 5.62. The fourth-order valence-corrected chi connectivity index (χ4v) is 4.01. The molecule has 0 aromatic heterocycles. The van der Waals surface area contributed by atoms with Gasteiger partial charge in [0.2, 0.25) is 0 Å². The summed E-state index contributed by atoms with van der Waals surface area (Å²) in [5.74, 6) is 0.998. The number of likely N-dealkylation sites (tertiary alicyclic amines) is 1. The van der Waals surface area contributed by atoms with E-state index in [2.05, 4.69) is 49.1 Å². The second-order valence-corrected chi connectivity index (χ2v) is 7.42. The molecular weight excluding hydrogens is 258 g/mol. The molecule has 0 radical (unpaired) electrons. The van der Waals surface area contributed by atoms with E-state index in [-0.39, 0.29) is 11.6 Å². The minimum absolute atomic E-state index is 0.0987. The standard InChI is InChI=1S/C19H29NO/c1-19(2,20-12-8-3-4-9-13-20)18(21)17-14-16(17)15-10-6-5-7-11-15/h5-7,10-11,16-18,21H,3-4,8-9,12-14H2,1-2H3. The van der Waals surface area contributed by atoms with Gasteiger partial charge in [-0.15, -0.1) is 0 Å². The second kappa shape index (κ2) is 6.10. The van der Waals surface area contributed by atoms with Crippen LogP contribution in [-0.2, 0) is 0 Å². The number of hydrogen-bond acceptors (Lipinski definition) is 2. The first-order valence-corrected chi connectivity index (χ1v) is 8.59. The van der Waals surface area contributed by atoms with E-state index >= 15 is 0 Å². The smallest absolute Gasteiger partial charge is 0.0752 e. The number of rotatable bonds is 4. The molecule has 0 amide bonds. The van der Waals surface area contributed by atoms with Gasteiger partial charge in [-0.2, -0.15) is 0 Å². The van der Waals surface area contributed by atoms with Crippen molar-refractivity contribution in [2.75, 3.05) is 13.1 Å². The number of aliphatic hydroxyl groups excluding tert-OH is 1. The summed E-state index contributed by atoms with van der Waals surface area (Å²) in [4.78, 5) is 2.53. The lowest BCUT2D eigenvalue weighted by Crippen LogP contribution is -2.53. The van der Waals surface area contributed by atoms with Crippen LogP contribution in [0.25, 0.3) is 0 Å². The van der Waals surface area contributed by atoms with Gasteiger partial charge in [-0.3, -0.25) is 4.90 Å². The molecule has 21 heavy (non-hydrogen) atoms. The molecule has 2 heteroatoms. The van der Waals surface area contributed by atoms with Gasteiger partial charge >= 0.3 is 0 Å². The highest BCUT2D eigenvalue weighted by atomic mass is 16.3. The van der Waals surface area contributed by atoms with E-state index in [0.717, 1.165) is 19.5 Å². The van der Waals surface area contributed by atoms with Crippen LogP contribution < -0.4 is 0 Å². The quantitative estimate of drug-likeness (QED) is 0.910. The maximum atomic E-state index is 11.0. The van der Waals surface area contributed by atoms with E-state index in [9.17, 15) is 5.11 Å². The van der Waals surface area contributed by atoms with Crippen molar-refractivity contribution in [1.29, 1.82) is 0 Å². The summed E-state index contributed by atoms with van der Waals surface area (Å²) in [5, 5.41) is 11.0. The van der Waals surface area contributed by atoms with Crippen LogP contribution in [0.15, 0.2) is 30.3 Å². The average Bonchev–Trinajstić information content (AvgIpc) is 3.31. The first-order valence-electron chi connectivity index (χ1n) is 8.59. The van der Waals surface area contributed by atoms with Gasteiger partial charge in [-0.1, -0.05) is 43.2 Å². The van der Waals surface area contributed by atoms with Gasteiger partial charge in [0.05, 0.1) is 6.10 Å². The summed E-state index contributed by atoms with van der Waals surface area (Å²) < 4.78 is 0. The SMILES string of the molecule is CC(C)(C(O)C1CC1c1ccccc1)N1CCCCCC1. The van der Waals surface area contributed by atoms with Crippen LogP contribution in [0.2, 0.25) is 0 Å². The van der Waals surface area contributed by atoms with Gasteiger partial charge in [0, 0.05) is 5.54 Å². The number of nitrogens with zero attached hydrogens (tertiary/aromatic N) is 1. The molecule has 1 N–H and O–H groups in total. The number of aliphatic hydroxyl groups is 1. The largest absolute Gasteiger partial charge is 0.391 e. The highest BCUT2D eigenvalue weighted by molar-refractivity contribution is 5.27. The molecule has 2 fully saturated rings. The molecule has 116 valence electrons. The Morgan fingerprint density at radius 1 is 1.05 bits per heavy atom. The molecule has 1 saturated heterocycles. The van der Waals surface area contributed by atoms with Crippen LogP contribution in [0.4, 0.5) is 0 Å². The van der Waals surface area contributed by atoms with Gasteiger partial charge in [-0.05, 0) is 63.6 Å². The molecular formula is C19H29NO. The van der Waals surface area contributed by atoms with Crippen LogP contribution in [0.1, 0.15) is 57.4 Å². The Morgan fingerprint density at radius 2 is 1.67 bits per heavy atom. The lowest BCUT2D eigenvalue weighted by atomic mass is 9.89. The fourth-order valence-electron chi connectivity index (χ4n) is 4.01. The summed E-state index contributed by atoms with van der Waals surface area (Å²) in [6.45, 7) is 6.77. The van der Waals surface area contributed by atoms with Crippen molar-refractivity contribution in [3.63, 3.8) is 0 Å². The van der Waals surface area contributed by atoms with Crippen LogP contribution in [0.3, 0.4) is 0 Å². The van der Waals surface area contributed by atoms with E-state index in [1.807, 2.05) is 0 Å². The van der Waals surface area contributed by atoms with E-state index in [1.165, 1.54) is 31.2 Å². The summed E-state index contributed by atoms with van der Waals surface area (Å²) in [6.07, 6.45) is 6.17. The average molecular weight is 287 g/mol. The predicted octanol–water partition coefficient (Wildman–Crippen LogP) is 3.81. The van der Waals surface area contributed by atoms with E-state index in [1.54, 1.807) is 0 Å². The molecule has 1 aromatic rings. The maximum absolute atomic E-state index is 11.0. The van der Waals surface area contributed by atoms with Crippen molar-refractivity contribution < 1.29 is 5.11 Å². The topological polar surface area (TPSA) is 23.5 Å². The highest BCUT2D eigenvalue weighted by Gasteiger charge is 2.50. The van der Waals surface area contributed by atoms with Crippen molar-refractivity contribution in [2.24, 2.45) is 5.92 Å². The minimum Gasteiger partial charge on any atom is -0.391 e. The van der Waals surface area contributed by atoms with Gasteiger partial charge in [0.1, 0.15) is 0 Å². The van der Waals surface area contributed by atoms with E-state index in [4.69, 9.17) is 0 Å². The Hall–Kier alpha value is -0.860. The van der Waals surface area contributed by atoms with Crippen molar-refractivity contribution >= 4 is 0 Å². The van der Waals surface area contributed by atoms with Gasteiger partial charge in [-0.25, -0.2) is 0 Å². The molecule has 1 saturated carbocycles. The van der Waals surface area contributed by atoms with Crippen molar-refractivity contribution in [2.45, 2.75) is 63.5 Å². The molecule has 2 nitrogen and oxygen atoms in total. The molecule has 1 heterocycles. The molecule has 0 spiro atoms. The molecule has 3 rings (SSSR count). The molecule has 0 bridgehead atoms. The minimum atomic E-state index is -0.221. The van der Waals surface area contributed by atoms with Gasteiger partial charge < -0.3 is 5.11 Å². The molecule has 2 aliphatic rings.